The number of pyridine rings is 1. The predicted octanol–water partition coefficient (Wildman–Crippen LogP) is 3.90. The van der Waals surface area contributed by atoms with Crippen LogP contribution in [-0.2, 0) is 9.53 Å². The summed E-state index contributed by atoms with van der Waals surface area (Å²) in [7, 11) is 0. The maximum atomic E-state index is 12.6. The van der Waals surface area contributed by atoms with E-state index in [1.54, 1.807) is 6.07 Å². The molecule has 0 fully saturated rings. The number of carbonyl (C=O) groups excluding carboxylic acids is 2. The van der Waals surface area contributed by atoms with Gasteiger partial charge in [0.1, 0.15) is 5.60 Å². The van der Waals surface area contributed by atoms with E-state index in [0.29, 0.717) is 11.0 Å². The highest BCUT2D eigenvalue weighted by Gasteiger charge is 2.22. The second kappa shape index (κ2) is 5.63. The average Bonchev–Trinajstić information content (AvgIpc) is 2.79. The first-order valence-corrected chi connectivity index (χ1v) is 7.57. The largest absolute Gasteiger partial charge is 0.443 e. The Morgan fingerprint density at radius 1 is 1.08 bits per heavy atom. The average molecular weight is 326 g/mol. The molecule has 0 aliphatic carbocycles. The minimum atomic E-state index is -0.611. The third-order valence-corrected chi connectivity index (χ3v) is 3.36. The Kier molecular flexibility index (Phi) is 3.75. The van der Waals surface area contributed by atoms with Crippen LogP contribution in [0.1, 0.15) is 27.7 Å². The highest BCUT2D eigenvalue weighted by molar-refractivity contribution is 6.12. The second-order valence-electron chi connectivity index (χ2n) is 6.47. The molecule has 0 bridgehead atoms. The molecule has 6 heteroatoms. The zero-order valence-corrected chi connectivity index (χ0v) is 14.0. The summed E-state index contributed by atoms with van der Waals surface area (Å²) < 4.78 is 12.0. The molecule has 3 aromatic rings. The second-order valence-corrected chi connectivity index (χ2v) is 6.47. The predicted molar refractivity (Wildman–Crippen MR) is 90.2 cm³/mol. The summed E-state index contributed by atoms with van der Waals surface area (Å²) in [5, 5.41) is 1.62. The van der Waals surface area contributed by atoms with Crippen LogP contribution in [0.3, 0.4) is 0 Å². The van der Waals surface area contributed by atoms with Crippen molar-refractivity contribution in [3.63, 3.8) is 0 Å². The highest BCUT2D eigenvalue weighted by Crippen LogP contribution is 2.31. The zero-order chi connectivity index (χ0) is 17.5. The van der Waals surface area contributed by atoms with Gasteiger partial charge < -0.3 is 9.47 Å². The van der Waals surface area contributed by atoms with Crippen LogP contribution in [0.15, 0.2) is 36.5 Å². The Labute approximate surface area is 139 Å². The number of aromatic nitrogens is 2. The number of hydrogen-bond donors (Lipinski definition) is 0. The van der Waals surface area contributed by atoms with Gasteiger partial charge in [-0.15, -0.1) is 0 Å². The summed E-state index contributed by atoms with van der Waals surface area (Å²) >= 11 is 0. The van der Waals surface area contributed by atoms with Crippen molar-refractivity contribution < 1.29 is 19.1 Å². The minimum absolute atomic E-state index is 0.196. The van der Waals surface area contributed by atoms with Crippen molar-refractivity contribution in [1.29, 1.82) is 0 Å². The molecule has 0 unspecified atom stereocenters. The van der Waals surface area contributed by atoms with E-state index in [1.165, 1.54) is 17.7 Å². The van der Waals surface area contributed by atoms with Gasteiger partial charge in [0.05, 0.1) is 17.2 Å². The summed E-state index contributed by atoms with van der Waals surface area (Å²) in [4.78, 5) is 27.9. The minimum Gasteiger partial charge on any atom is -0.443 e. The van der Waals surface area contributed by atoms with Crippen molar-refractivity contribution >= 4 is 33.9 Å². The van der Waals surface area contributed by atoms with Gasteiger partial charge in [-0.25, -0.2) is 14.3 Å². The number of benzene rings is 1. The first kappa shape index (κ1) is 16.0. The molecule has 0 aliphatic heterocycles. The number of esters is 1. The van der Waals surface area contributed by atoms with E-state index >= 15 is 0 Å². The van der Waals surface area contributed by atoms with Gasteiger partial charge in [-0.05, 0) is 26.8 Å². The van der Waals surface area contributed by atoms with Crippen molar-refractivity contribution in [1.82, 2.24) is 9.55 Å². The fourth-order valence-corrected chi connectivity index (χ4v) is 2.56. The Hall–Kier alpha value is -2.89. The first-order valence-electron chi connectivity index (χ1n) is 7.57. The van der Waals surface area contributed by atoms with Crippen molar-refractivity contribution in [2.24, 2.45) is 0 Å². The monoisotopic (exact) mass is 326 g/mol. The summed E-state index contributed by atoms with van der Waals surface area (Å²) in [6.07, 6.45) is 1.04. The molecule has 0 atom stereocenters. The quantitative estimate of drug-likeness (QED) is 0.634. The maximum Gasteiger partial charge on any atom is 0.419 e. The third kappa shape index (κ3) is 2.95. The molecule has 0 spiro atoms. The number of hydrogen-bond acceptors (Lipinski definition) is 5. The molecule has 6 nitrogen and oxygen atoms in total. The summed E-state index contributed by atoms with van der Waals surface area (Å²) in [6.45, 7) is 6.76. The lowest BCUT2D eigenvalue weighted by Crippen LogP contribution is -2.27. The summed E-state index contributed by atoms with van der Waals surface area (Å²) in [6, 6.07) is 9.12. The Balaban J connectivity index is 2.24. The molecule has 124 valence electrons. The number of carbonyl (C=O) groups is 2. The van der Waals surface area contributed by atoms with E-state index in [0.717, 1.165) is 10.8 Å². The van der Waals surface area contributed by atoms with E-state index in [9.17, 15) is 9.59 Å². The van der Waals surface area contributed by atoms with E-state index in [4.69, 9.17) is 9.47 Å². The lowest BCUT2D eigenvalue weighted by molar-refractivity contribution is -0.132. The van der Waals surface area contributed by atoms with Gasteiger partial charge in [0.2, 0.25) is 5.88 Å². The van der Waals surface area contributed by atoms with Crippen molar-refractivity contribution in [3.8, 4) is 5.88 Å². The first-order chi connectivity index (χ1) is 11.3. The molecule has 0 N–H and O–H groups in total. The molecule has 2 aromatic heterocycles. The van der Waals surface area contributed by atoms with Gasteiger partial charge in [0, 0.05) is 23.8 Å². The van der Waals surface area contributed by atoms with Crippen LogP contribution in [0.25, 0.3) is 21.8 Å². The van der Waals surface area contributed by atoms with Crippen LogP contribution >= 0.6 is 0 Å². The van der Waals surface area contributed by atoms with Crippen molar-refractivity contribution in [3.05, 3.63) is 36.5 Å². The van der Waals surface area contributed by atoms with Gasteiger partial charge >= 0.3 is 12.1 Å². The van der Waals surface area contributed by atoms with Crippen LogP contribution in [0.2, 0.25) is 0 Å². The fraction of sp³-hybridized carbons (Fsp3) is 0.278. The zero-order valence-electron chi connectivity index (χ0n) is 14.0. The SMILES string of the molecule is CC(=O)Oc1cc2c3ccccc3n(C(=O)OC(C)(C)C)c2cn1. The normalized spacial score (nSPS) is 11.7. The molecule has 24 heavy (non-hydrogen) atoms. The van der Waals surface area contributed by atoms with Crippen LogP contribution in [0, 0.1) is 0 Å². The maximum absolute atomic E-state index is 12.6. The topological polar surface area (TPSA) is 70.4 Å². The standard InChI is InChI=1S/C18H18N2O4/c1-11(21)23-16-9-13-12-7-5-6-8-14(12)20(15(13)10-19-16)17(22)24-18(2,3)4/h5-10H,1-4H3. The van der Waals surface area contributed by atoms with Gasteiger partial charge in [0.25, 0.3) is 0 Å². The number of para-hydroxylation sites is 1. The van der Waals surface area contributed by atoms with Crippen molar-refractivity contribution in [2.75, 3.05) is 0 Å². The van der Waals surface area contributed by atoms with Gasteiger partial charge in [-0.2, -0.15) is 0 Å². The summed E-state index contributed by atoms with van der Waals surface area (Å²) in [5.41, 5.74) is 0.699. The molecular formula is C18H18N2O4. The van der Waals surface area contributed by atoms with Crippen molar-refractivity contribution in [2.45, 2.75) is 33.3 Å². The lowest BCUT2D eigenvalue weighted by atomic mass is 10.2. The molecule has 0 radical (unpaired) electrons. The van der Waals surface area contributed by atoms with Gasteiger partial charge in [-0.1, -0.05) is 18.2 Å². The number of fused-ring (bicyclic) bond motifs is 3. The van der Waals surface area contributed by atoms with E-state index in [1.807, 2.05) is 45.0 Å². The Morgan fingerprint density at radius 2 is 1.79 bits per heavy atom. The van der Waals surface area contributed by atoms with Crippen LogP contribution in [0.5, 0.6) is 5.88 Å². The highest BCUT2D eigenvalue weighted by atomic mass is 16.6. The Morgan fingerprint density at radius 3 is 2.46 bits per heavy atom. The molecule has 0 saturated heterocycles. The molecule has 1 aromatic carbocycles. The molecule has 0 saturated carbocycles. The lowest BCUT2D eigenvalue weighted by Gasteiger charge is -2.20. The van der Waals surface area contributed by atoms with E-state index < -0.39 is 17.7 Å². The summed E-state index contributed by atoms with van der Waals surface area (Å²) in [5.74, 6) is -0.250. The smallest absolute Gasteiger partial charge is 0.419 e. The van der Waals surface area contributed by atoms with Crippen LogP contribution in [0.4, 0.5) is 4.79 Å². The van der Waals surface area contributed by atoms with Gasteiger partial charge in [-0.3, -0.25) is 4.79 Å². The molecule has 2 heterocycles. The van der Waals surface area contributed by atoms with Crippen LogP contribution in [-0.4, -0.2) is 27.2 Å². The number of nitrogens with zero attached hydrogens (tertiary/aromatic N) is 2. The molecule has 0 aliphatic rings. The molecule has 0 amide bonds. The molecular weight excluding hydrogens is 308 g/mol. The van der Waals surface area contributed by atoms with E-state index in [2.05, 4.69) is 4.98 Å². The van der Waals surface area contributed by atoms with Crippen LogP contribution < -0.4 is 4.74 Å². The van der Waals surface area contributed by atoms with Gasteiger partial charge in [0.15, 0.2) is 0 Å². The number of rotatable bonds is 1. The van der Waals surface area contributed by atoms with E-state index in [-0.39, 0.29) is 5.88 Å². The fourth-order valence-electron chi connectivity index (χ4n) is 2.56. The number of ether oxygens (including phenoxy) is 2. The third-order valence-electron chi connectivity index (χ3n) is 3.36. The Bertz CT molecular complexity index is 951. The molecule has 3 rings (SSSR count).